The molecule has 206 valence electrons. The number of aliphatic hydroxyl groups is 2. The topological polar surface area (TPSA) is 115 Å². The molecule has 0 aromatic carbocycles. The number of hydrogen-bond donors (Lipinski definition) is 4. The Balaban J connectivity index is 2.59. The molecule has 1 saturated carbocycles. The number of nitrogens with one attached hydrogen (secondary N) is 1. The smallest absolute Gasteiger partial charge is 0.426 e. The van der Waals surface area contributed by atoms with E-state index in [9.17, 15) is 67.7 Å². The third-order valence-corrected chi connectivity index (χ3v) is 7.27. The third-order valence-electron chi connectivity index (χ3n) is 6.08. The van der Waals surface area contributed by atoms with Crippen LogP contribution in [0.1, 0.15) is 19.3 Å². The molecule has 2 rings (SSSR count). The summed E-state index contributed by atoms with van der Waals surface area (Å²) in [4.78, 5) is 12.3. The van der Waals surface area contributed by atoms with Crippen LogP contribution in [-0.4, -0.2) is 74.3 Å². The molecule has 2 fully saturated rings. The lowest BCUT2D eigenvalue weighted by molar-refractivity contribution is -0.405. The summed E-state index contributed by atoms with van der Waals surface area (Å²) in [5, 5.41) is 21.8. The highest BCUT2D eigenvalue weighted by Gasteiger charge is 2.78. The molecule has 1 heterocycles. The van der Waals surface area contributed by atoms with Crippen LogP contribution in [0.3, 0.4) is 0 Å². The zero-order valence-corrected chi connectivity index (χ0v) is 19.0. The summed E-state index contributed by atoms with van der Waals surface area (Å²) >= 11 is 1.27. The van der Waals surface area contributed by atoms with Crippen molar-refractivity contribution in [1.29, 1.82) is 0 Å². The summed E-state index contributed by atoms with van der Waals surface area (Å²) < 4.78 is 163. The molecule has 19 heteroatoms. The van der Waals surface area contributed by atoms with Crippen molar-refractivity contribution in [2.45, 2.75) is 70.9 Å². The van der Waals surface area contributed by atoms with Crippen molar-refractivity contribution < 1.29 is 72.4 Å². The number of rotatable bonds is 5. The van der Waals surface area contributed by atoms with Gasteiger partial charge >= 0.3 is 30.7 Å². The molecule has 2 aliphatic rings. The Kier molecular flexibility index (Phi) is 7.73. The molecule has 5 N–H and O–H groups in total. The van der Waals surface area contributed by atoms with Crippen LogP contribution < -0.4 is 11.1 Å². The van der Waals surface area contributed by atoms with Crippen LogP contribution in [0.15, 0.2) is 0 Å². The van der Waals surface area contributed by atoms with Gasteiger partial charge < -0.3 is 26.0 Å². The first-order valence-electron chi connectivity index (χ1n) is 9.45. The minimum absolute atomic E-state index is 0.105. The number of carbonyl (C=O) groups is 1. The van der Waals surface area contributed by atoms with Gasteiger partial charge in [-0.3, -0.25) is 0 Å². The van der Waals surface area contributed by atoms with Gasteiger partial charge in [-0.1, -0.05) is 0 Å². The third kappa shape index (κ3) is 5.28. The molecule has 0 spiro atoms. The highest BCUT2D eigenvalue weighted by Crippen LogP contribution is 2.58. The lowest BCUT2D eigenvalue weighted by Crippen LogP contribution is -2.67. The van der Waals surface area contributed by atoms with E-state index in [1.54, 1.807) is 0 Å². The van der Waals surface area contributed by atoms with Gasteiger partial charge in [-0.2, -0.15) is 52.7 Å². The summed E-state index contributed by atoms with van der Waals surface area (Å²) in [6.45, 7) is 0.105. The van der Waals surface area contributed by atoms with Crippen LogP contribution in [0.25, 0.3) is 0 Å². The number of halogens is 13. The molecule has 0 radical (unpaired) electrons. The van der Waals surface area contributed by atoms with Crippen molar-refractivity contribution in [3.63, 3.8) is 0 Å². The second-order valence-corrected chi connectivity index (χ2v) is 10.2. The number of ether oxygens (including phenoxy) is 1. The van der Waals surface area contributed by atoms with Gasteiger partial charge in [0.15, 0.2) is 3.55 Å². The summed E-state index contributed by atoms with van der Waals surface area (Å²) in [5.41, 5.74) is -5.94. The normalized spacial score (nSPS) is 28.9. The van der Waals surface area contributed by atoms with Gasteiger partial charge in [0, 0.05) is 18.4 Å². The molecule has 0 aromatic rings. The monoisotopic (exact) mass is 656 g/mol. The highest BCUT2D eigenvalue weighted by molar-refractivity contribution is 14.1. The molecule has 1 aliphatic heterocycles. The summed E-state index contributed by atoms with van der Waals surface area (Å²) in [5.74, 6) is -8.39. The van der Waals surface area contributed by atoms with Crippen molar-refractivity contribution in [2.24, 2.45) is 17.6 Å². The molecule has 0 bridgehead atoms. The quantitative estimate of drug-likeness (QED) is 0.0905. The predicted molar refractivity (Wildman–Crippen MR) is 97.6 cm³/mol. The minimum Gasteiger partial charge on any atom is -0.460 e. The second kappa shape index (κ2) is 8.90. The average molecular weight is 656 g/mol. The van der Waals surface area contributed by atoms with E-state index in [4.69, 9.17) is 5.73 Å². The van der Waals surface area contributed by atoms with Crippen LogP contribution in [0.4, 0.5) is 52.7 Å². The van der Waals surface area contributed by atoms with Crippen LogP contribution in [0, 0.1) is 11.8 Å². The molecule has 4 unspecified atom stereocenters. The first-order valence-corrected chi connectivity index (χ1v) is 10.5. The molecule has 35 heavy (non-hydrogen) atoms. The van der Waals surface area contributed by atoms with E-state index in [1.807, 2.05) is 0 Å². The predicted octanol–water partition coefficient (Wildman–Crippen LogP) is 3.09. The maximum Gasteiger partial charge on any atom is 0.426 e. The van der Waals surface area contributed by atoms with Gasteiger partial charge in [0.1, 0.15) is 6.10 Å². The molecular formula is C16H17F12IN2O4. The molecule has 1 saturated heterocycles. The number of nitrogens with two attached hydrogens (primary N) is 1. The maximum absolute atomic E-state index is 13.4. The first kappa shape index (κ1) is 30.4. The summed E-state index contributed by atoms with van der Waals surface area (Å²) in [6, 6.07) is -0.810. The highest BCUT2D eigenvalue weighted by atomic mass is 127. The maximum atomic E-state index is 13.4. The van der Waals surface area contributed by atoms with Crippen LogP contribution in [-0.2, 0) is 9.53 Å². The lowest BCUT2D eigenvalue weighted by Gasteiger charge is -2.48. The molecule has 4 atom stereocenters. The van der Waals surface area contributed by atoms with Gasteiger partial charge in [-0.05, 0) is 41.9 Å². The zero-order chi connectivity index (χ0) is 27.6. The minimum atomic E-state index is -6.61. The molecule has 0 aromatic heterocycles. The Morgan fingerprint density at radius 1 is 0.771 bits per heavy atom. The fraction of sp³-hybridized carbons (Fsp3) is 0.938. The number of alkyl halides is 13. The Morgan fingerprint density at radius 2 is 1.09 bits per heavy atom. The van der Waals surface area contributed by atoms with E-state index in [0.717, 1.165) is 0 Å². The van der Waals surface area contributed by atoms with Crippen LogP contribution in [0.5, 0.6) is 0 Å². The molecule has 1 aliphatic carbocycles. The van der Waals surface area contributed by atoms with Crippen LogP contribution >= 0.6 is 22.6 Å². The molecular weight excluding hydrogens is 639 g/mol. The Morgan fingerprint density at radius 3 is 1.34 bits per heavy atom. The van der Waals surface area contributed by atoms with Gasteiger partial charge in [0.25, 0.3) is 11.2 Å². The van der Waals surface area contributed by atoms with Gasteiger partial charge in [0.05, 0.1) is 6.04 Å². The molecule has 6 nitrogen and oxygen atoms in total. The van der Waals surface area contributed by atoms with Gasteiger partial charge in [0.2, 0.25) is 0 Å². The number of carbonyl (C=O) groups excluding carboxylic acids is 1. The Hall–Kier alpha value is -0.800. The average Bonchev–Trinajstić information content (AvgIpc) is 3.48. The van der Waals surface area contributed by atoms with E-state index in [-0.39, 0.29) is 6.54 Å². The lowest BCUT2D eigenvalue weighted by atomic mass is 9.65. The van der Waals surface area contributed by atoms with Gasteiger partial charge in [-0.15, -0.1) is 0 Å². The van der Waals surface area contributed by atoms with Crippen LogP contribution in [0.2, 0.25) is 0 Å². The van der Waals surface area contributed by atoms with Crippen molar-refractivity contribution >= 4 is 28.6 Å². The van der Waals surface area contributed by atoms with E-state index in [0.29, 0.717) is 0 Å². The van der Waals surface area contributed by atoms with Crippen molar-refractivity contribution in [1.82, 2.24) is 5.32 Å². The van der Waals surface area contributed by atoms with E-state index >= 15 is 0 Å². The first-order chi connectivity index (χ1) is 15.3. The van der Waals surface area contributed by atoms with Crippen molar-refractivity contribution in [2.75, 3.05) is 6.54 Å². The second-order valence-electron chi connectivity index (χ2n) is 8.38. The fourth-order valence-corrected chi connectivity index (χ4v) is 4.60. The SMILES string of the molecule is NC(I)(C(=O)OC1CC(C(O)(C(F)(F)F)C(F)(F)F)CC(C(O)(C(F)(F)F)C(F)(F)F)C1)C1CN1. The Labute approximate surface area is 201 Å². The Bertz CT molecular complexity index is 732. The zero-order valence-electron chi connectivity index (χ0n) is 16.8. The van der Waals surface area contributed by atoms with Crippen molar-refractivity contribution in [3.05, 3.63) is 0 Å². The van der Waals surface area contributed by atoms with E-state index in [1.165, 1.54) is 22.6 Å². The number of hydrogen-bond acceptors (Lipinski definition) is 6. The van der Waals surface area contributed by atoms with E-state index < -0.39 is 88.7 Å². The number of esters is 1. The fourth-order valence-electron chi connectivity index (χ4n) is 4.03. The standard InChI is InChI=1S/C16H17F12IN2O4/c17-13(18,19)11(33,14(20,21)22)5-1-6(12(34,15(23,24)25)16(26,27)28)3-7(2-5)35-9(32)10(29,30)8-4-31-8/h5-8,31,33-34H,1-4,30H2. The van der Waals surface area contributed by atoms with Gasteiger partial charge in [-0.25, -0.2) is 4.79 Å². The van der Waals surface area contributed by atoms with E-state index in [2.05, 4.69) is 10.1 Å². The summed E-state index contributed by atoms with van der Waals surface area (Å²) in [7, 11) is 0. The van der Waals surface area contributed by atoms with Crippen molar-refractivity contribution in [3.8, 4) is 0 Å². The largest absolute Gasteiger partial charge is 0.460 e. The molecule has 0 amide bonds. The summed E-state index contributed by atoms with van der Waals surface area (Å²) in [6.07, 6.45) is -34.4.